The maximum atomic E-state index is 11.2. The van der Waals surface area contributed by atoms with Crippen molar-refractivity contribution in [2.75, 3.05) is 18.0 Å². The molecule has 1 aromatic rings. The largest absolute Gasteiger partial charge is 0.478 e. The number of aliphatic hydroxyl groups is 1. The molecular weight excluding hydrogens is 264 g/mol. The number of carbonyl (C=O) groups is 1. The minimum Gasteiger partial charge on any atom is -0.478 e. The van der Waals surface area contributed by atoms with Crippen LogP contribution in [0.5, 0.6) is 0 Å². The molecule has 0 amide bonds. The van der Waals surface area contributed by atoms with Crippen LogP contribution in [-0.2, 0) is 0 Å². The van der Waals surface area contributed by atoms with Gasteiger partial charge >= 0.3 is 5.97 Å². The molecule has 0 radical (unpaired) electrons. The zero-order chi connectivity index (χ0) is 14.9. The van der Waals surface area contributed by atoms with Crippen LogP contribution in [0.2, 0.25) is 0 Å². The van der Waals surface area contributed by atoms with E-state index in [2.05, 4.69) is 0 Å². The fourth-order valence-corrected chi connectivity index (χ4v) is 2.43. The number of non-ortho nitro benzene ring substituents is 1. The summed E-state index contributed by atoms with van der Waals surface area (Å²) in [4.78, 5) is 23.3. The number of carboxylic acids is 1. The Labute approximate surface area is 115 Å². The highest BCUT2D eigenvalue weighted by molar-refractivity contribution is 5.95. The Morgan fingerprint density at radius 3 is 2.75 bits per heavy atom. The minimum absolute atomic E-state index is 0.00958. The summed E-state index contributed by atoms with van der Waals surface area (Å²) < 4.78 is 0. The number of rotatable bonds is 3. The van der Waals surface area contributed by atoms with E-state index in [9.17, 15) is 25.1 Å². The Balaban J connectivity index is 2.39. The number of hydrogen-bond acceptors (Lipinski definition) is 5. The number of nitrogens with zero attached hydrogens (tertiary/aromatic N) is 2. The number of nitro groups is 1. The molecule has 0 aliphatic carbocycles. The van der Waals surface area contributed by atoms with Gasteiger partial charge in [-0.2, -0.15) is 0 Å². The molecule has 0 bridgehead atoms. The van der Waals surface area contributed by atoms with Gasteiger partial charge in [-0.1, -0.05) is 6.92 Å². The lowest BCUT2D eigenvalue weighted by Gasteiger charge is -2.36. The van der Waals surface area contributed by atoms with E-state index in [1.54, 1.807) is 4.90 Å². The Morgan fingerprint density at radius 1 is 1.50 bits per heavy atom. The number of piperidine rings is 1. The van der Waals surface area contributed by atoms with Crippen LogP contribution in [0.1, 0.15) is 23.7 Å². The first-order valence-electron chi connectivity index (χ1n) is 6.35. The van der Waals surface area contributed by atoms with Crippen molar-refractivity contribution in [3.8, 4) is 0 Å². The number of hydrogen-bond donors (Lipinski definition) is 2. The lowest BCUT2D eigenvalue weighted by atomic mass is 9.95. The van der Waals surface area contributed by atoms with Crippen LogP contribution in [-0.4, -0.2) is 40.3 Å². The summed E-state index contributed by atoms with van der Waals surface area (Å²) in [5.74, 6) is -1.13. The van der Waals surface area contributed by atoms with Crippen LogP contribution in [0.3, 0.4) is 0 Å². The monoisotopic (exact) mass is 280 g/mol. The van der Waals surface area contributed by atoms with Crippen LogP contribution in [0.4, 0.5) is 11.4 Å². The molecule has 1 aromatic carbocycles. The van der Waals surface area contributed by atoms with Crippen molar-refractivity contribution in [3.05, 3.63) is 33.9 Å². The van der Waals surface area contributed by atoms with E-state index in [-0.39, 0.29) is 17.2 Å². The number of benzene rings is 1. The van der Waals surface area contributed by atoms with E-state index < -0.39 is 17.0 Å². The molecule has 20 heavy (non-hydrogen) atoms. The van der Waals surface area contributed by atoms with E-state index in [1.165, 1.54) is 18.2 Å². The molecule has 2 N–H and O–H groups in total. The molecule has 1 aliphatic rings. The van der Waals surface area contributed by atoms with Gasteiger partial charge in [-0.3, -0.25) is 10.1 Å². The summed E-state index contributed by atoms with van der Waals surface area (Å²) in [6.45, 7) is 2.82. The highest BCUT2D eigenvalue weighted by Gasteiger charge is 2.27. The van der Waals surface area contributed by atoms with E-state index in [1.807, 2.05) is 6.92 Å². The Bertz CT molecular complexity index is 546. The average molecular weight is 280 g/mol. The van der Waals surface area contributed by atoms with Gasteiger partial charge in [-0.15, -0.1) is 0 Å². The third kappa shape index (κ3) is 2.72. The molecular formula is C13H16N2O5. The predicted octanol–water partition coefficient (Wildman–Crippen LogP) is 1.50. The van der Waals surface area contributed by atoms with Gasteiger partial charge in [0.25, 0.3) is 5.69 Å². The third-order valence-electron chi connectivity index (χ3n) is 3.62. The zero-order valence-electron chi connectivity index (χ0n) is 11.0. The highest BCUT2D eigenvalue weighted by Crippen LogP contribution is 2.30. The number of anilines is 1. The second-order valence-corrected chi connectivity index (χ2v) is 5.04. The van der Waals surface area contributed by atoms with Crippen molar-refractivity contribution in [1.29, 1.82) is 0 Å². The molecule has 1 fully saturated rings. The quantitative estimate of drug-likeness (QED) is 0.642. The fourth-order valence-electron chi connectivity index (χ4n) is 2.43. The van der Waals surface area contributed by atoms with Crippen molar-refractivity contribution in [2.24, 2.45) is 5.92 Å². The minimum atomic E-state index is -1.12. The maximum Gasteiger partial charge on any atom is 0.337 e. The Morgan fingerprint density at radius 2 is 2.20 bits per heavy atom. The van der Waals surface area contributed by atoms with E-state index in [0.29, 0.717) is 25.2 Å². The summed E-state index contributed by atoms with van der Waals surface area (Å²) in [6, 6.07) is 3.73. The van der Waals surface area contributed by atoms with Crippen LogP contribution in [0.15, 0.2) is 18.2 Å². The molecule has 2 unspecified atom stereocenters. The highest BCUT2D eigenvalue weighted by atomic mass is 16.6. The summed E-state index contributed by atoms with van der Waals surface area (Å²) in [7, 11) is 0. The molecule has 0 spiro atoms. The van der Waals surface area contributed by atoms with Gasteiger partial charge in [0, 0.05) is 25.2 Å². The SMILES string of the molecule is CC1CN(c2cc([N+](=O)[O-])ccc2C(=O)O)CCC1O. The van der Waals surface area contributed by atoms with Gasteiger partial charge < -0.3 is 15.1 Å². The molecule has 1 saturated heterocycles. The third-order valence-corrected chi connectivity index (χ3v) is 3.62. The standard InChI is InChI=1S/C13H16N2O5/c1-8-7-14(5-4-12(8)16)11-6-9(15(19)20)2-3-10(11)13(17)18/h2-3,6,8,12,16H,4-5,7H2,1H3,(H,17,18). The van der Waals surface area contributed by atoms with Crippen molar-refractivity contribution in [1.82, 2.24) is 0 Å². The molecule has 0 saturated carbocycles. The van der Waals surface area contributed by atoms with Crippen molar-refractivity contribution in [2.45, 2.75) is 19.4 Å². The average Bonchev–Trinajstić information content (AvgIpc) is 2.41. The summed E-state index contributed by atoms with van der Waals surface area (Å²) in [5, 5.41) is 29.7. The molecule has 7 heteroatoms. The van der Waals surface area contributed by atoms with Gasteiger partial charge in [0.2, 0.25) is 0 Å². The van der Waals surface area contributed by atoms with E-state index >= 15 is 0 Å². The molecule has 7 nitrogen and oxygen atoms in total. The molecule has 2 atom stereocenters. The zero-order valence-corrected chi connectivity index (χ0v) is 11.0. The van der Waals surface area contributed by atoms with Gasteiger partial charge in [-0.25, -0.2) is 4.79 Å². The summed E-state index contributed by atoms with van der Waals surface area (Å²) >= 11 is 0. The van der Waals surface area contributed by atoms with Crippen molar-refractivity contribution in [3.63, 3.8) is 0 Å². The van der Waals surface area contributed by atoms with Gasteiger partial charge in [0.15, 0.2) is 0 Å². The van der Waals surface area contributed by atoms with Crippen molar-refractivity contribution >= 4 is 17.3 Å². The first kappa shape index (κ1) is 14.3. The second kappa shape index (κ2) is 5.46. The first-order valence-corrected chi connectivity index (χ1v) is 6.35. The van der Waals surface area contributed by atoms with Crippen LogP contribution in [0, 0.1) is 16.0 Å². The van der Waals surface area contributed by atoms with Crippen LogP contribution < -0.4 is 4.90 Å². The Kier molecular flexibility index (Phi) is 3.89. The number of aliphatic hydroxyl groups excluding tert-OH is 1. The fraction of sp³-hybridized carbons (Fsp3) is 0.462. The van der Waals surface area contributed by atoms with Crippen LogP contribution in [0.25, 0.3) is 0 Å². The predicted molar refractivity (Wildman–Crippen MR) is 72.1 cm³/mol. The summed E-state index contributed by atoms with van der Waals surface area (Å²) in [6.07, 6.45) is 0.0985. The Hall–Kier alpha value is -2.15. The van der Waals surface area contributed by atoms with Crippen molar-refractivity contribution < 1.29 is 19.9 Å². The number of aromatic carboxylic acids is 1. The number of carboxylic acid groups (broad SMARTS) is 1. The topological polar surface area (TPSA) is 104 Å². The maximum absolute atomic E-state index is 11.2. The molecule has 0 aromatic heterocycles. The van der Waals surface area contributed by atoms with Crippen LogP contribution >= 0.6 is 0 Å². The molecule has 108 valence electrons. The lowest BCUT2D eigenvalue weighted by Crippen LogP contribution is -2.42. The van der Waals surface area contributed by atoms with E-state index in [0.717, 1.165) is 0 Å². The normalized spacial score (nSPS) is 22.6. The smallest absolute Gasteiger partial charge is 0.337 e. The molecule has 1 heterocycles. The molecule has 2 rings (SSSR count). The number of nitro benzene ring substituents is 1. The van der Waals surface area contributed by atoms with Gasteiger partial charge in [0.1, 0.15) is 0 Å². The molecule has 1 aliphatic heterocycles. The first-order chi connectivity index (χ1) is 9.40. The van der Waals surface area contributed by atoms with Gasteiger partial charge in [-0.05, 0) is 18.4 Å². The summed E-state index contributed by atoms with van der Waals surface area (Å²) in [5.41, 5.74) is 0.244. The lowest BCUT2D eigenvalue weighted by molar-refractivity contribution is -0.384. The van der Waals surface area contributed by atoms with E-state index in [4.69, 9.17) is 0 Å². The second-order valence-electron chi connectivity index (χ2n) is 5.04. The van der Waals surface area contributed by atoms with Gasteiger partial charge in [0.05, 0.1) is 22.3 Å².